The molecule has 0 nitrogen and oxygen atoms in total. The van der Waals surface area contributed by atoms with E-state index in [-0.39, 0.29) is 11.4 Å². The highest BCUT2D eigenvalue weighted by Gasteiger charge is 2.22. The Bertz CT molecular complexity index is 1120. The van der Waals surface area contributed by atoms with E-state index < -0.39 is 11.6 Å². The van der Waals surface area contributed by atoms with Crippen LogP contribution in [0.5, 0.6) is 0 Å². The van der Waals surface area contributed by atoms with Crippen molar-refractivity contribution in [3.63, 3.8) is 0 Å². The average Bonchev–Trinajstić information content (AvgIpc) is 2.83. The van der Waals surface area contributed by atoms with Gasteiger partial charge in [0.2, 0.25) is 0 Å². The zero-order valence-electron chi connectivity index (χ0n) is 19.4. The lowest BCUT2D eigenvalue weighted by molar-refractivity contribution is 0.375. The van der Waals surface area contributed by atoms with Crippen molar-refractivity contribution in [1.29, 1.82) is 0 Å². The normalized spacial score (nSPS) is 18.7. The van der Waals surface area contributed by atoms with Gasteiger partial charge in [0.15, 0.2) is 11.6 Å². The molecule has 0 atom stereocenters. The third kappa shape index (κ3) is 5.08. The van der Waals surface area contributed by atoms with E-state index in [0.717, 1.165) is 43.2 Å². The third-order valence-electron chi connectivity index (χ3n) is 6.89. The van der Waals surface area contributed by atoms with Crippen molar-refractivity contribution < 1.29 is 13.2 Å². The molecule has 0 N–H and O–H groups in total. The largest absolute Gasteiger partial charge is 0.206 e. The van der Waals surface area contributed by atoms with Gasteiger partial charge in [-0.15, -0.1) is 0 Å². The molecular weight excluding hydrogens is 417 g/mol. The number of hydrogen-bond acceptors (Lipinski definition) is 0. The number of rotatable bonds is 6. The van der Waals surface area contributed by atoms with Crippen LogP contribution in [0.1, 0.15) is 63.0 Å². The molecule has 0 saturated heterocycles. The van der Waals surface area contributed by atoms with Crippen LogP contribution in [0.15, 0.2) is 66.7 Å². The molecule has 33 heavy (non-hydrogen) atoms. The van der Waals surface area contributed by atoms with Crippen LogP contribution in [-0.2, 0) is 6.42 Å². The first kappa shape index (κ1) is 23.4. The Kier molecular flexibility index (Phi) is 7.37. The fraction of sp³-hybridized carbons (Fsp3) is 0.333. The minimum atomic E-state index is -0.826. The average molecular weight is 449 g/mol. The molecule has 0 aromatic heterocycles. The van der Waals surface area contributed by atoms with Gasteiger partial charge in [0, 0.05) is 11.1 Å². The lowest BCUT2D eigenvalue weighted by atomic mass is 9.78. The van der Waals surface area contributed by atoms with Gasteiger partial charge in [-0.05, 0) is 79.2 Å². The Labute approximate surface area is 195 Å². The number of allylic oxidation sites excluding steroid dienone is 2. The topological polar surface area (TPSA) is 0 Å². The molecule has 1 aliphatic rings. The predicted molar refractivity (Wildman–Crippen MR) is 131 cm³/mol. The second kappa shape index (κ2) is 10.4. The molecule has 0 aliphatic heterocycles. The van der Waals surface area contributed by atoms with Gasteiger partial charge in [0.25, 0.3) is 0 Å². The summed E-state index contributed by atoms with van der Waals surface area (Å²) in [5, 5.41) is 0. The van der Waals surface area contributed by atoms with Gasteiger partial charge in [-0.3, -0.25) is 0 Å². The molecule has 0 unspecified atom stereocenters. The second-order valence-corrected chi connectivity index (χ2v) is 9.10. The molecule has 4 rings (SSSR count). The Morgan fingerprint density at radius 2 is 1.42 bits per heavy atom. The minimum absolute atomic E-state index is 0.225. The highest BCUT2D eigenvalue weighted by atomic mass is 19.2. The van der Waals surface area contributed by atoms with E-state index in [1.165, 1.54) is 0 Å². The number of aryl methyl sites for hydroxylation is 1. The molecule has 0 amide bonds. The summed E-state index contributed by atoms with van der Waals surface area (Å²) in [5.74, 6) is -0.786. The smallest absolute Gasteiger partial charge is 0.166 e. The zero-order chi connectivity index (χ0) is 23.4. The lowest BCUT2D eigenvalue weighted by Crippen LogP contribution is -2.12. The molecule has 0 spiro atoms. The van der Waals surface area contributed by atoms with E-state index in [2.05, 4.69) is 19.1 Å². The quantitative estimate of drug-likeness (QED) is 0.330. The molecule has 3 aromatic rings. The molecule has 3 aromatic carbocycles. The van der Waals surface area contributed by atoms with Crippen LogP contribution < -0.4 is 0 Å². The SMILES string of the molecule is C/C=C/C1CCC(c2ccc(-c3ccc(-c4ccc(CCC)c(F)c4F)cc3)c(F)c2)CC1. The van der Waals surface area contributed by atoms with Crippen LogP contribution >= 0.6 is 0 Å². The van der Waals surface area contributed by atoms with Crippen LogP contribution in [0.4, 0.5) is 13.2 Å². The fourth-order valence-electron chi connectivity index (χ4n) is 5.04. The number of hydrogen-bond donors (Lipinski definition) is 0. The van der Waals surface area contributed by atoms with Crippen molar-refractivity contribution in [2.24, 2.45) is 5.92 Å². The molecule has 172 valence electrons. The lowest BCUT2D eigenvalue weighted by Gasteiger charge is -2.27. The van der Waals surface area contributed by atoms with Crippen molar-refractivity contribution in [3.8, 4) is 22.3 Å². The summed E-state index contributed by atoms with van der Waals surface area (Å²) >= 11 is 0. The summed E-state index contributed by atoms with van der Waals surface area (Å²) in [7, 11) is 0. The number of benzene rings is 3. The summed E-state index contributed by atoms with van der Waals surface area (Å²) in [4.78, 5) is 0. The van der Waals surface area contributed by atoms with Crippen molar-refractivity contribution in [3.05, 3.63) is 95.3 Å². The predicted octanol–water partition coefficient (Wildman–Crippen LogP) is 9.24. The molecule has 0 bridgehead atoms. The Balaban J connectivity index is 1.52. The van der Waals surface area contributed by atoms with Gasteiger partial charge in [-0.25, -0.2) is 13.2 Å². The highest BCUT2D eigenvalue weighted by Crippen LogP contribution is 2.38. The van der Waals surface area contributed by atoms with Crippen LogP contribution in [0.2, 0.25) is 0 Å². The van der Waals surface area contributed by atoms with Crippen LogP contribution in [0, 0.1) is 23.4 Å². The van der Waals surface area contributed by atoms with E-state index in [0.29, 0.717) is 34.9 Å². The van der Waals surface area contributed by atoms with E-state index in [1.807, 2.05) is 19.1 Å². The van der Waals surface area contributed by atoms with Gasteiger partial charge < -0.3 is 0 Å². The maximum atomic E-state index is 15.0. The van der Waals surface area contributed by atoms with Crippen molar-refractivity contribution in [2.45, 2.75) is 58.3 Å². The van der Waals surface area contributed by atoms with Crippen molar-refractivity contribution in [1.82, 2.24) is 0 Å². The summed E-state index contributed by atoms with van der Waals surface area (Å²) in [5.41, 5.74) is 3.52. The van der Waals surface area contributed by atoms with E-state index >= 15 is 4.39 Å². The van der Waals surface area contributed by atoms with Gasteiger partial charge in [0.1, 0.15) is 5.82 Å². The van der Waals surface area contributed by atoms with Crippen LogP contribution in [0.3, 0.4) is 0 Å². The molecule has 1 aliphatic carbocycles. The van der Waals surface area contributed by atoms with Gasteiger partial charge in [0.05, 0.1) is 0 Å². The van der Waals surface area contributed by atoms with Crippen molar-refractivity contribution in [2.75, 3.05) is 0 Å². The Hall–Kier alpha value is -2.81. The summed E-state index contributed by atoms with van der Waals surface area (Å²) in [6.45, 7) is 4.00. The summed E-state index contributed by atoms with van der Waals surface area (Å²) < 4.78 is 44.0. The monoisotopic (exact) mass is 448 g/mol. The van der Waals surface area contributed by atoms with E-state index in [4.69, 9.17) is 0 Å². The molecule has 3 heteroatoms. The summed E-state index contributed by atoms with van der Waals surface area (Å²) in [6, 6.07) is 15.8. The van der Waals surface area contributed by atoms with Gasteiger partial charge in [-0.1, -0.05) is 74.0 Å². The van der Waals surface area contributed by atoms with E-state index in [1.54, 1.807) is 42.5 Å². The maximum absolute atomic E-state index is 15.0. The van der Waals surface area contributed by atoms with Crippen molar-refractivity contribution >= 4 is 0 Å². The molecule has 1 saturated carbocycles. The standard InChI is InChI=1S/C30H31F3/c1-3-5-20-7-9-21(10-8-20)25-16-17-26(28(31)19-25)22-11-13-23(14-12-22)27-18-15-24(6-4-2)29(32)30(27)33/h3,5,11-21H,4,6-10H2,1-2H3/b5-3+. The molecule has 1 fully saturated rings. The first-order valence-electron chi connectivity index (χ1n) is 12.0. The summed E-state index contributed by atoms with van der Waals surface area (Å²) in [6.07, 6.45) is 10.1. The fourth-order valence-corrected chi connectivity index (χ4v) is 5.04. The zero-order valence-corrected chi connectivity index (χ0v) is 19.4. The molecule has 0 radical (unpaired) electrons. The first-order chi connectivity index (χ1) is 16.0. The second-order valence-electron chi connectivity index (χ2n) is 9.10. The number of halogens is 3. The van der Waals surface area contributed by atoms with E-state index in [9.17, 15) is 8.78 Å². The molecular formula is C30H31F3. The maximum Gasteiger partial charge on any atom is 0.166 e. The Morgan fingerprint density at radius 1 is 0.788 bits per heavy atom. The van der Waals surface area contributed by atoms with Gasteiger partial charge in [-0.2, -0.15) is 0 Å². The Morgan fingerprint density at radius 3 is 2.03 bits per heavy atom. The molecule has 0 heterocycles. The van der Waals surface area contributed by atoms with Gasteiger partial charge >= 0.3 is 0 Å². The first-order valence-corrected chi connectivity index (χ1v) is 12.0. The minimum Gasteiger partial charge on any atom is -0.206 e. The van der Waals surface area contributed by atoms with Crippen LogP contribution in [-0.4, -0.2) is 0 Å². The van der Waals surface area contributed by atoms with Crippen LogP contribution in [0.25, 0.3) is 22.3 Å². The third-order valence-corrected chi connectivity index (χ3v) is 6.89. The highest BCUT2D eigenvalue weighted by molar-refractivity contribution is 5.71.